The molecule has 1 aliphatic carbocycles. The second-order valence-corrected chi connectivity index (χ2v) is 10.9. The van der Waals surface area contributed by atoms with Crippen molar-refractivity contribution in [1.82, 2.24) is 20.6 Å². The molecule has 1 heterocycles. The first kappa shape index (κ1) is 32.6. The largest absolute Gasteiger partial charge is 0.481 e. The van der Waals surface area contributed by atoms with E-state index < -0.39 is 67.7 Å². The van der Waals surface area contributed by atoms with Gasteiger partial charge >= 0.3 is 17.9 Å². The first-order valence-electron chi connectivity index (χ1n) is 15.0. The van der Waals surface area contributed by atoms with Crippen molar-refractivity contribution in [2.45, 2.75) is 63.3 Å². The summed E-state index contributed by atoms with van der Waals surface area (Å²) in [6.07, 6.45) is 5.09. The molecule has 0 saturated carbocycles. The van der Waals surface area contributed by atoms with E-state index in [1.54, 1.807) is 18.2 Å². The molecule has 15 heteroatoms. The van der Waals surface area contributed by atoms with Gasteiger partial charge in [-0.25, -0.2) is 14.6 Å². The Balaban J connectivity index is 1.48. The number of nitrogens with one attached hydrogen (secondary N) is 3. The fourth-order valence-electron chi connectivity index (χ4n) is 5.46. The Hall–Kier alpha value is -5.75. The van der Waals surface area contributed by atoms with Crippen LogP contribution in [0.25, 0.3) is 10.9 Å². The van der Waals surface area contributed by atoms with Crippen LogP contribution in [0.15, 0.2) is 41.2 Å². The number of H-pyrrole nitrogens is 1. The molecule has 0 aliphatic heterocycles. The fourth-order valence-corrected chi connectivity index (χ4v) is 5.46. The van der Waals surface area contributed by atoms with Gasteiger partial charge in [-0.05, 0) is 73.2 Å². The number of aromatic nitrogens is 2. The van der Waals surface area contributed by atoms with Crippen LogP contribution in [0.5, 0.6) is 0 Å². The lowest BCUT2D eigenvalue weighted by atomic mass is 10.0. The summed E-state index contributed by atoms with van der Waals surface area (Å²) in [4.78, 5) is 80.9. The predicted octanol–water partition coefficient (Wildman–Crippen LogP) is 0.940. The van der Waals surface area contributed by atoms with Crippen LogP contribution >= 0.6 is 0 Å². The van der Waals surface area contributed by atoms with E-state index in [0.29, 0.717) is 29.4 Å². The maximum atomic E-state index is 13.1. The zero-order valence-electron chi connectivity index (χ0n) is 26.0. The van der Waals surface area contributed by atoms with E-state index in [-0.39, 0.29) is 41.3 Å². The zero-order chi connectivity index (χ0) is 35.1. The number of aryl methyl sites for hydroxylation is 1. The maximum absolute atomic E-state index is 13.1. The molecule has 7 N–H and O–H groups in total. The van der Waals surface area contributed by atoms with Gasteiger partial charge in [0, 0.05) is 24.1 Å². The molecule has 47 heavy (non-hydrogen) atoms. The van der Waals surface area contributed by atoms with E-state index in [1.807, 2.05) is 11.0 Å². The van der Waals surface area contributed by atoms with Crippen molar-refractivity contribution in [3.63, 3.8) is 0 Å². The number of carboxylic acid groups (broad SMARTS) is 3. The monoisotopic (exact) mass is 648 g/mol. The van der Waals surface area contributed by atoms with Gasteiger partial charge in [0.15, 0.2) is 1.41 Å². The summed E-state index contributed by atoms with van der Waals surface area (Å²) in [5.74, 6) is -3.33. The van der Waals surface area contributed by atoms with Gasteiger partial charge < -0.3 is 40.9 Å². The van der Waals surface area contributed by atoms with Crippen LogP contribution in [0.1, 0.15) is 65.5 Å². The number of fused-ring (bicyclic) bond motifs is 2. The second-order valence-electron chi connectivity index (χ2n) is 10.9. The number of nitrogens with zero attached hydrogens (tertiary/aromatic N) is 2. The van der Waals surface area contributed by atoms with E-state index in [0.717, 1.165) is 11.1 Å². The van der Waals surface area contributed by atoms with Gasteiger partial charge in [-0.2, -0.15) is 0 Å². The number of terminal acetylenes is 1. The van der Waals surface area contributed by atoms with E-state index >= 15 is 0 Å². The Morgan fingerprint density at radius 2 is 1.74 bits per heavy atom. The lowest BCUT2D eigenvalue weighted by molar-refractivity contribution is -0.143. The normalized spacial score (nSPS) is 15.1. The number of aromatic amines is 1. The van der Waals surface area contributed by atoms with Gasteiger partial charge in [0.2, 0.25) is 5.91 Å². The molecule has 2 amide bonds. The highest BCUT2D eigenvalue weighted by Gasteiger charge is 2.30. The maximum Gasteiger partial charge on any atom is 0.326 e. The highest BCUT2D eigenvalue weighted by molar-refractivity contribution is 5.97. The Morgan fingerprint density at radius 1 is 1.06 bits per heavy atom. The van der Waals surface area contributed by atoms with Crippen LogP contribution in [0.4, 0.5) is 5.69 Å². The summed E-state index contributed by atoms with van der Waals surface area (Å²) in [7, 11) is 0. The molecule has 246 valence electrons. The van der Waals surface area contributed by atoms with Gasteiger partial charge in [-0.15, -0.1) is 6.42 Å². The molecule has 3 aromatic rings. The number of benzene rings is 2. The number of aliphatic hydroxyl groups is 1. The first-order valence-corrected chi connectivity index (χ1v) is 14.6. The third-order valence-corrected chi connectivity index (χ3v) is 7.78. The molecule has 1 aliphatic rings. The molecular formula is C32H33N5O10. The molecule has 15 nitrogen and oxygen atoms in total. The lowest BCUT2D eigenvalue weighted by Gasteiger charge is -2.30. The molecule has 0 unspecified atom stereocenters. The Morgan fingerprint density at radius 3 is 2.36 bits per heavy atom. The van der Waals surface area contributed by atoms with Crippen molar-refractivity contribution in [3.8, 4) is 12.3 Å². The number of rotatable bonds is 15. The number of hydrogen-bond donors (Lipinski definition) is 7. The Labute approximate surface area is 269 Å². The molecule has 0 bridgehead atoms. The van der Waals surface area contributed by atoms with Crippen LogP contribution in [-0.2, 0) is 32.2 Å². The minimum atomic E-state index is -1.75. The van der Waals surface area contributed by atoms with Crippen LogP contribution in [0.2, 0.25) is 1.41 Å². The number of amides is 2. The summed E-state index contributed by atoms with van der Waals surface area (Å²) < 4.78 is 8.23. The molecule has 1 aromatic heterocycles. The van der Waals surface area contributed by atoms with Crippen LogP contribution in [0, 0.1) is 12.3 Å². The molecule has 0 radical (unpaired) electrons. The van der Waals surface area contributed by atoms with E-state index in [1.165, 1.54) is 12.1 Å². The highest BCUT2D eigenvalue weighted by atomic mass is 16.4. The standard InChI is InChI=1S/C32H33N5O10/c1-2-13-37(25-10-5-18-14-24-21(15-20(18)25)30(43)36-26(16-38)33-24)19-6-3-17(4-7-19)29(42)35-23(32(46)47)8-11-27(39)34-22(31(44)45)9-12-28(40)41/h1,3-4,6-7,14-15,22-23,25,38H,5,8-13,16H2,(H,34,39)(H,35,42)(H,40,41)(H,44,45)(H,46,47)(H,33,36,43)/t22-,23-,25-/m0/s1/i/hD. The highest BCUT2D eigenvalue weighted by Crippen LogP contribution is 2.39. The molecule has 0 spiro atoms. The summed E-state index contributed by atoms with van der Waals surface area (Å²) in [6.45, 7) is -0.224. The minimum Gasteiger partial charge on any atom is -0.481 e. The Bertz CT molecular complexity index is 1840. The smallest absolute Gasteiger partial charge is 0.326 e. The number of aliphatic carboxylic acids is 3. The SMILES string of the molecule is [2H]N(C(=O)c1ccc(N(CC#C)[C@H]2CCc3cc4nc(CO)[nH]c(=O)c4cc32)cc1)[C@@H](CCC(=O)N[C@@H](CCC(=O)O)C(=O)O)C(=O)O. The average molecular weight is 649 g/mol. The van der Waals surface area contributed by atoms with E-state index in [4.69, 9.17) is 12.9 Å². The van der Waals surface area contributed by atoms with Gasteiger partial charge in [0.05, 0.1) is 23.5 Å². The predicted molar refractivity (Wildman–Crippen MR) is 167 cm³/mol. The summed E-state index contributed by atoms with van der Waals surface area (Å²) in [5, 5.41) is 39.8. The van der Waals surface area contributed by atoms with Gasteiger partial charge in [-0.3, -0.25) is 19.2 Å². The zero-order valence-corrected chi connectivity index (χ0v) is 25.0. The van der Waals surface area contributed by atoms with Crippen molar-refractivity contribution >= 4 is 46.3 Å². The van der Waals surface area contributed by atoms with Gasteiger partial charge in [0.1, 0.15) is 24.5 Å². The van der Waals surface area contributed by atoms with Crippen molar-refractivity contribution in [1.29, 1.82) is 0 Å². The molecular weight excluding hydrogens is 614 g/mol. The quantitative estimate of drug-likeness (QED) is 0.114. The summed E-state index contributed by atoms with van der Waals surface area (Å²) in [5.41, 5.74) is 2.55. The number of carboxylic acids is 3. The van der Waals surface area contributed by atoms with Crippen LogP contribution in [-0.4, -0.2) is 78.7 Å². The second kappa shape index (κ2) is 15.0. The average Bonchev–Trinajstić information content (AvgIpc) is 3.46. The number of hydrogen-bond acceptors (Lipinski definition) is 9. The number of carbonyl (C=O) groups excluding carboxylic acids is 2. The topological polar surface area (TPSA) is 239 Å². The fraction of sp³-hybridized carbons (Fsp3) is 0.344. The summed E-state index contributed by atoms with van der Waals surface area (Å²) in [6, 6.07) is 6.14. The molecule has 3 atom stereocenters. The molecule has 4 rings (SSSR count). The molecule has 0 fully saturated rings. The van der Waals surface area contributed by atoms with Crippen molar-refractivity contribution < 1.29 is 45.8 Å². The van der Waals surface area contributed by atoms with E-state index in [2.05, 4.69) is 21.2 Å². The number of anilines is 1. The van der Waals surface area contributed by atoms with E-state index in [9.17, 15) is 44.1 Å². The van der Waals surface area contributed by atoms with Crippen molar-refractivity contribution in [3.05, 3.63) is 69.3 Å². The van der Waals surface area contributed by atoms with Crippen molar-refractivity contribution in [2.75, 3.05) is 11.4 Å². The number of aliphatic hydroxyl groups excluding tert-OH is 1. The minimum absolute atomic E-state index is 0.0140. The third-order valence-electron chi connectivity index (χ3n) is 7.78. The van der Waals surface area contributed by atoms with Gasteiger partial charge in [-0.1, -0.05) is 5.92 Å². The Kier molecular flexibility index (Phi) is 10.4. The third kappa shape index (κ3) is 8.30. The van der Waals surface area contributed by atoms with Crippen LogP contribution in [0.3, 0.4) is 0 Å². The summed E-state index contributed by atoms with van der Waals surface area (Å²) >= 11 is 0. The van der Waals surface area contributed by atoms with Crippen molar-refractivity contribution in [2.24, 2.45) is 0 Å². The molecule has 0 saturated heterocycles. The first-order chi connectivity index (χ1) is 22.8. The van der Waals surface area contributed by atoms with Crippen LogP contribution < -0.4 is 21.1 Å². The molecule has 2 aromatic carbocycles. The van der Waals surface area contributed by atoms with Gasteiger partial charge in [0.25, 0.3) is 11.5 Å². The lowest BCUT2D eigenvalue weighted by Crippen LogP contribution is -2.44. The number of carbonyl (C=O) groups is 5.